The molecule has 2 rings (SSSR count). The lowest BCUT2D eigenvalue weighted by Crippen LogP contribution is -2.17. The zero-order valence-corrected chi connectivity index (χ0v) is 17.8. The summed E-state index contributed by atoms with van der Waals surface area (Å²) >= 11 is 3.48. The first-order valence-corrected chi connectivity index (χ1v) is 9.47. The SMILES string of the molecule is CCOc1cc(/C=N\NC(=O)c2cc(OC)cc(OC)c2)cc(Br)c1OCC. The van der Waals surface area contributed by atoms with E-state index in [2.05, 4.69) is 26.5 Å². The molecule has 0 saturated heterocycles. The summed E-state index contributed by atoms with van der Waals surface area (Å²) in [6.45, 7) is 4.82. The van der Waals surface area contributed by atoms with E-state index in [1.54, 1.807) is 24.3 Å². The van der Waals surface area contributed by atoms with Crippen LogP contribution in [-0.4, -0.2) is 39.6 Å². The summed E-state index contributed by atoms with van der Waals surface area (Å²) in [5.41, 5.74) is 3.60. The number of benzene rings is 2. The molecule has 0 heterocycles. The fourth-order valence-corrected chi connectivity index (χ4v) is 2.95. The van der Waals surface area contributed by atoms with E-state index in [0.717, 1.165) is 10.0 Å². The highest BCUT2D eigenvalue weighted by atomic mass is 79.9. The van der Waals surface area contributed by atoms with Gasteiger partial charge in [0.15, 0.2) is 11.5 Å². The zero-order valence-electron chi connectivity index (χ0n) is 16.2. The van der Waals surface area contributed by atoms with E-state index in [1.165, 1.54) is 20.4 Å². The maximum Gasteiger partial charge on any atom is 0.271 e. The number of hydrogen-bond acceptors (Lipinski definition) is 6. The number of methoxy groups -OCH3 is 2. The molecular weight excluding hydrogens is 428 g/mol. The Morgan fingerprint density at radius 1 is 1.04 bits per heavy atom. The van der Waals surface area contributed by atoms with Crippen molar-refractivity contribution in [2.75, 3.05) is 27.4 Å². The molecule has 0 spiro atoms. The molecule has 0 aliphatic heterocycles. The van der Waals surface area contributed by atoms with Gasteiger partial charge in [-0.25, -0.2) is 5.43 Å². The predicted molar refractivity (Wildman–Crippen MR) is 111 cm³/mol. The Morgan fingerprint density at radius 3 is 2.25 bits per heavy atom. The van der Waals surface area contributed by atoms with Crippen molar-refractivity contribution in [3.63, 3.8) is 0 Å². The number of ether oxygens (including phenoxy) is 4. The Bertz CT molecular complexity index is 832. The van der Waals surface area contributed by atoms with Gasteiger partial charge in [-0.2, -0.15) is 5.10 Å². The maximum absolute atomic E-state index is 12.4. The lowest BCUT2D eigenvalue weighted by Gasteiger charge is -2.13. The molecule has 0 saturated carbocycles. The van der Waals surface area contributed by atoms with Gasteiger partial charge in [0.25, 0.3) is 5.91 Å². The normalized spacial score (nSPS) is 10.6. The van der Waals surface area contributed by atoms with Crippen LogP contribution >= 0.6 is 15.9 Å². The first kappa shape index (κ1) is 21.6. The summed E-state index contributed by atoms with van der Waals surface area (Å²) in [6.07, 6.45) is 1.53. The van der Waals surface area contributed by atoms with Crippen LogP contribution in [0.15, 0.2) is 39.9 Å². The van der Waals surface area contributed by atoms with Gasteiger partial charge < -0.3 is 18.9 Å². The zero-order chi connectivity index (χ0) is 20.5. The number of hydrazone groups is 1. The van der Waals surface area contributed by atoms with Crippen molar-refractivity contribution in [2.24, 2.45) is 5.10 Å². The summed E-state index contributed by atoms with van der Waals surface area (Å²) in [5.74, 6) is 1.89. The van der Waals surface area contributed by atoms with Gasteiger partial charge in [0.1, 0.15) is 11.5 Å². The second kappa shape index (κ2) is 10.6. The number of carbonyl (C=O) groups excluding carboxylic acids is 1. The van der Waals surface area contributed by atoms with Gasteiger partial charge in [-0.1, -0.05) is 0 Å². The van der Waals surface area contributed by atoms with Crippen molar-refractivity contribution >= 4 is 28.1 Å². The number of rotatable bonds is 9. The molecular formula is C20H23BrN2O5. The molecule has 0 fully saturated rings. The molecule has 0 atom stereocenters. The number of halogens is 1. The van der Waals surface area contributed by atoms with Gasteiger partial charge >= 0.3 is 0 Å². The maximum atomic E-state index is 12.4. The Hall–Kier alpha value is -2.74. The molecule has 2 aromatic carbocycles. The molecule has 0 radical (unpaired) electrons. The minimum Gasteiger partial charge on any atom is -0.497 e. The van der Waals surface area contributed by atoms with Crippen LogP contribution in [0.5, 0.6) is 23.0 Å². The minimum atomic E-state index is -0.386. The van der Waals surface area contributed by atoms with Crippen LogP contribution in [0.25, 0.3) is 0 Å². The second-order valence-electron chi connectivity index (χ2n) is 5.50. The summed E-state index contributed by atoms with van der Waals surface area (Å²) < 4.78 is 22.3. The molecule has 1 N–H and O–H groups in total. The van der Waals surface area contributed by atoms with Crippen LogP contribution in [0.1, 0.15) is 29.8 Å². The van der Waals surface area contributed by atoms with E-state index in [0.29, 0.717) is 41.8 Å². The molecule has 0 aromatic heterocycles. The predicted octanol–water partition coefficient (Wildman–Crippen LogP) is 4.03. The van der Waals surface area contributed by atoms with Crippen molar-refractivity contribution in [1.82, 2.24) is 5.43 Å². The average molecular weight is 451 g/mol. The Kier molecular flexibility index (Phi) is 8.13. The van der Waals surface area contributed by atoms with Crippen molar-refractivity contribution in [3.8, 4) is 23.0 Å². The smallest absolute Gasteiger partial charge is 0.271 e. The molecule has 0 aliphatic carbocycles. The number of nitrogens with one attached hydrogen (secondary N) is 1. The fourth-order valence-electron chi connectivity index (χ4n) is 2.38. The van der Waals surface area contributed by atoms with Crippen LogP contribution in [-0.2, 0) is 0 Å². The topological polar surface area (TPSA) is 78.4 Å². The Balaban J connectivity index is 2.17. The second-order valence-corrected chi connectivity index (χ2v) is 6.35. The van der Waals surface area contributed by atoms with Crippen molar-refractivity contribution in [1.29, 1.82) is 0 Å². The van der Waals surface area contributed by atoms with Gasteiger partial charge in [-0.15, -0.1) is 0 Å². The highest BCUT2D eigenvalue weighted by Crippen LogP contribution is 2.36. The highest BCUT2D eigenvalue weighted by Gasteiger charge is 2.12. The lowest BCUT2D eigenvalue weighted by atomic mass is 10.2. The van der Waals surface area contributed by atoms with Gasteiger partial charge in [-0.05, 0) is 59.6 Å². The number of carbonyl (C=O) groups is 1. The van der Waals surface area contributed by atoms with E-state index >= 15 is 0 Å². The molecule has 7 nitrogen and oxygen atoms in total. The minimum absolute atomic E-state index is 0.372. The van der Waals surface area contributed by atoms with Crippen molar-refractivity contribution in [3.05, 3.63) is 45.9 Å². The first-order chi connectivity index (χ1) is 13.5. The van der Waals surface area contributed by atoms with E-state index in [4.69, 9.17) is 18.9 Å². The van der Waals surface area contributed by atoms with Crippen LogP contribution in [0, 0.1) is 0 Å². The first-order valence-electron chi connectivity index (χ1n) is 8.67. The molecule has 1 amide bonds. The summed E-state index contributed by atoms with van der Waals surface area (Å²) in [6, 6.07) is 8.52. The molecule has 8 heteroatoms. The van der Waals surface area contributed by atoms with Crippen molar-refractivity contribution < 1.29 is 23.7 Å². The van der Waals surface area contributed by atoms with Gasteiger partial charge in [0.05, 0.1) is 38.1 Å². The average Bonchev–Trinajstić information content (AvgIpc) is 2.70. The quantitative estimate of drug-likeness (QED) is 0.460. The Morgan fingerprint density at radius 2 is 1.68 bits per heavy atom. The molecule has 150 valence electrons. The van der Waals surface area contributed by atoms with E-state index in [1.807, 2.05) is 19.9 Å². The molecule has 0 unspecified atom stereocenters. The van der Waals surface area contributed by atoms with Crippen molar-refractivity contribution in [2.45, 2.75) is 13.8 Å². The monoisotopic (exact) mass is 450 g/mol. The standard InChI is InChI=1S/C20H23BrN2O5/c1-5-27-18-8-13(7-17(21)19(18)28-6-2)12-22-23-20(24)14-9-15(25-3)11-16(10-14)26-4/h7-12H,5-6H2,1-4H3,(H,23,24)/b22-12-. The largest absolute Gasteiger partial charge is 0.497 e. The molecule has 2 aromatic rings. The molecule has 0 bridgehead atoms. The van der Waals surface area contributed by atoms with E-state index < -0.39 is 0 Å². The molecule has 0 aliphatic rings. The van der Waals surface area contributed by atoms with Crippen LogP contribution in [0.2, 0.25) is 0 Å². The highest BCUT2D eigenvalue weighted by molar-refractivity contribution is 9.10. The number of hydrogen-bond donors (Lipinski definition) is 1. The number of amides is 1. The van der Waals surface area contributed by atoms with Gasteiger partial charge in [0, 0.05) is 11.6 Å². The van der Waals surface area contributed by atoms with Crippen LogP contribution < -0.4 is 24.4 Å². The summed E-state index contributed by atoms with van der Waals surface area (Å²) in [4.78, 5) is 12.4. The third kappa shape index (κ3) is 5.63. The lowest BCUT2D eigenvalue weighted by molar-refractivity contribution is 0.0954. The summed E-state index contributed by atoms with van der Waals surface area (Å²) in [7, 11) is 3.04. The van der Waals surface area contributed by atoms with Gasteiger partial charge in [-0.3, -0.25) is 4.79 Å². The fraction of sp³-hybridized carbons (Fsp3) is 0.300. The van der Waals surface area contributed by atoms with Crippen LogP contribution in [0.3, 0.4) is 0 Å². The third-order valence-electron chi connectivity index (χ3n) is 3.61. The Labute approximate surface area is 172 Å². The van der Waals surface area contributed by atoms with E-state index in [9.17, 15) is 4.79 Å². The van der Waals surface area contributed by atoms with Gasteiger partial charge in [0.2, 0.25) is 0 Å². The van der Waals surface area contributed by atoms with E-state index in [-0.39, 0.29) is 5.91 Å². The number of nitrogens with zero attached hydrogens (tertiary/aromatic N) is 1. The third-order valence-corrected chi connectivity index (χ3v) is 4.20. The molecule has 28 heavy (non-hydrogen) atoms. The van der Waals surface area contributed by atoms with Crippen LogP contribution in [0.4, 0.5) is 0 Å². The summed E-state index contributed by atoms with van der Waals surface area (Å²) in [5, 5.41) is 4.02.